The van der Waals surface area contributed by atoms with Crippen molar-refractivity contribution in [3.05, 3.63) is 29.3 Å². The molecule has 0 radical (unpaired) electrons. The van der Waals surface area contributed by atoms with Crippen LogP contribution in [0.1, 0.15) is 65.2 Å². The number of ether oxygens (including phenoxy) is 1. The monoisotopic (exact) mass is 450 g/mol. The van der Waals surface area contributed by atoms with Crippen molar-refractivity contribution in [2.75, 3.05) is 12.3 Å². The molecule has 31 heavy (non-hydrogen) atoms. The Labute approximate surface area is 190 Å². The van der Waals surface area contributed by atoms with E-state index >= 15 is 0 Å². The van der Waals surface area contributed by atoms with E-state index in [1.54, 1.807) is 6.82 Å². The van der Waals surface area contributed by atoms with Gasteiger partial charge in [-0.2, -0.15) is 0 Å². The van der Waals surface area contributed by atoms with Gasteiger partial charge in [0.15, 0.2) is 8.32 Å². The van der Waals surface area contributed by atoms with Gasteiger partial charge in [0.05, 0.1) is 12.5 Å². The summed E-state index contributed by atoms with van der Waals surface area (Å²) in [5.41, 5.74) is 8.26. The molecule has 1 rings (SSSR count). The van der Waals surface area contributed by atoms with Gasteiger partial charge in [-0.05, 0) is 82.5 Å². The molecule has 0 heterocycles. The summed E-state index contributed by atoms with van der Waals surface area (Å²) < 4.78 is 12.5. The van der Waals surface area contributed by atoms with E-state index < -0.39 is 21.0 Å². The van der Waals surface area contributed by atoms with Crippen LogP contribution in [0.4, 0.5) is 5.69 Å². The number of aryl methyl sites for hydroxylation is 1. The fraction of sp³-hybridized carbons (Fsp3) is 0.696. The second kappa shape index (κ2) is 10.5. The molecule has 1 aromatic rings. The minimum Gasteiger partial charge on any atom is -0.460 e. The number of hydrogen-bond donors (Lipinski definition) is 3. The summed E-state index contributed by atoms with van der Waals surface area (Å²) in [6.07, 6.45) is -0.187. The minimum atomic E-state index is -2.19. The van der Waals surface area contributed by atoms with Gasteiger partial charge in [0.25, 0.3) is 0 Å². The lowest BCUT2D eigenvalue weighted by molar-refractivity contribution is -0.156. The Morgan fingerprint density at radius 2 is 1.81 bits per heavy atom. The van der Waals surface area contributed by atoms with Crippen LogP contribution in [-0.2, 0) is 14.0 Å². The molecular formula is C23H43BN2O4Si. The van der Waals surface area contributed by atoms with Gasteiger partial charge in [-0.3, -0.25) is 4.79 Å². The Hall–Kier alpha value is -1.35. The van der Waals surface area contributed by atoms with Crippen molar-refractivity contribution in [3.63, 3.8) is 0 Å². The van der Waals surface area contributed by atoms with Crippen LogP contribution >= 0.6 is 0 Å². The molecule has 0 aliphatic carbocycles. The topological polar surface area (TPSA) is 93.8 Å². The predicted octanol–water partition coefficient (Wildman–Crippen LogP) is 4.69. The lowest BCUT2D eigenvalue weighted by Crippen LogP contribution is -2.46. The molecule has 2 unspecified atom stereocenters. The first kappa shape index (κ1) is 27.7. The number of nitrogens with two attached hydrogens (primary N) is 1. The zero-order valence-corrected chi connectivity index (χ0v) is 22.1. The molecule has 0 saturated carbocycles. The molecule has 0 spiro atoms. The fourth-order valence-corrected chi connectivity index (χ4v) is 4.39. The van der Waals surface area contributed by atoms with Gasteiger partial charge in [-0.15, -0.1) is 0 Å². The van der Waals surface area contributed by atoms with Crippen LogP contribution in [0.5, 0.6) is 0 Å². The van der Waals surface area contributed by atoms with Crippen molar-refractivity contribution in [1.82, 2.24) is 5.23 Å². The third-order valence-electron chi connectivity index (χ3n) is 5.79. The molecule has 2 atom stereocenters. The van der Waals surface area contributed by atoms with E-state index in [0.29, 0.717) is 12.2 Å². The van der Waals surface area contributed by atoms with Gasteiger partial charge in [0.2, 0.25) is 0 Å². The maximum absolute atomic E-state index is 12.8. The van der Waals surface area contributed by atoms with Crippen molar-refractivity contribution < 1.29 is 19.0 Å². The zero-order valence-electron chi connectivity index (χ0n) is 21.1. The Morgan fingerprint density at radius 3 is 2.29 bits per heavy atom. The Kier molecular flexibility index (Phi) is 9.39. The first-order chi connectivity index (χ1) is 13.9. The second-order valence-corrected chi connectivity index (χ2v) is 15.8. The van der Waals surface area contributed by atoms with E-state index in [1.807, 2.05) is 45.9 Å². The lowest BCUT2D eigenvalue weighted by Gasteiger charge is -2.42. The predicted molar refractivity (Wildman–Crippen MR) is 132 cm³/mol. The number of nitrogen functional groups attached to an aromatic ring is 1. The third-order valence-corrected chi connectivity index (χ3v) is 10.2. The molecule has 1 aromatic carbocycles. The standard InChI is InChI=1S/C23H43BN2O4Si/c1-16-11-12-18(25)14-19(16)21(30-31(9,10)23(5,6)7)17(15-26-24(8)28)13-20(27)29-22(2,3)4/h11-12,14,17,21,26,28H,13,15,25H2,1-10H3. The van der Waals surface area contributed by atoms with Crippen LogP contribution in [0.25, 0.3) is 0 Å². The Balaban J connectivity index is 3.44. The SMILES string of the molecule is CB(O)NCC(CC(=O)OC(C)(C)C)C(O[Si](C)(C)C(C)(C)C)c1cc(N)ccc1C. The zero-order chi connectivity index (χ0) is 24.2. The number of esters is 1. The highest BCUT2D eigenvalue weighted by atomic mass is 28.4. The first-order valence-corrected chi connectivity index (χ1v) is 14.0. The van der Waals surface area contributed by atoms with Crippen LogP contribution in [0.3, 0.4) is 0 Å². The molecule has 0 aliphatic rings. The van der Waals surface area contributed by atoms with Gasteiger partial charge in [0, 0.05) is 11.6 Å². The highest BCUT2D eigenvalue weighted by molar-refractivity contribution is 6.74. The summed E-state index contributed by atoms with van der Waals surface area (Å²) >= 11 is 0. The van der Waals surface area contributed by atoms with Crippen molar-refractivity contribution >= 4 is 27.0 Å². The first-order valence-electron chi connectivity index (χ1n) is 11.1. The number of benzene rings is 1. The molecular weight excluding hydrogens is 407 g/mol. The van der Waals surface area contributed by atoms with Gasteiger partial charge >= 0.3 is 13.0 Å². The van der Waals surface area contributed by atoms with E-state index in [9.17, 15) is 9.82 Å². The average Bonchev–Trinajstić information content (AvgIpc) is 2.56. The smallest absolute Gasteiger partial charge is 0.373 e. The summed E-state index contributed by atoms with van der Waals surface area (Å²) in [5, 5.41) is 12.9. The minimum absolute atomic E-state index is 0.00630. The molecule has 0 saturated heterocycles. The van der Waals surface area contributed by atoms with E-state index in [2.05, 4.69) is 39.1 Å². The molecule has 0 aromatic heterocycles. The largest absolute Gasteiger partial charge is 0.460 e. The number of hydrogen-bond acceptors (Lipinski definition) is 6. The molecule has 4 N–H and O–H groups in total. The van der Waals surface area contributed by atoms with Crippen LogP contribution in [0.15, 0.2) is 18.2 Å². The summed E-state index contributed by atoms with van der Waals surface area (Å²) in [7, 11) is -2.89. The van der Waals surface area contributed by atoms with Gasteiger partial charge < -0.3 is 25.1 Å². The van der Waals surface area contributed by atoms with Crippen LogP contribution in [0, 0.1) is 12.8 Å². The lowest BCUT2D eigenvalue weighted by atomic mass is 9.84. The molecule has 0 bridgehead atoms. The summed E-state index contributed by atoms with van der Waals surface area (Å²) in [6, 6.07) is 5.80. The molecule has 0 amide bonds. The Morgan fingerprint density at radius 1 is 1.23 bits per heavy atom. The van der Waals surface area contributed by atoms with Crippen molar-refractivity contribution in [1.29, 1.82) is 0 Å². The average molecular weight is 451 g/mol. The summed E-state index contributed by atoms with van der Waals surface area (Å²) in [5.74, 6) is -0.519. The van der Waals surface area contributed by atoms with E-state index in [4.69, 9.17) is 14.9 Å². The maximum atomic E-state index is 12.8. The molecule has 0 aliphatic heterocycles. The third kappa shape index (κ3) is 8.96. The Bertz CT molecular complexity index is 742. The quantitative estimate of drug-likeness (QED) is 0.287. The van der Waals surface area contributed by atoms with Crippen LogP contribution in [0.2, 0.25) is 25.0 Å². The van der Waals surface area contributed by atoms with Crippen LogP contribution < -0.4 is 11.0 Å². The maximum Gasteiger partial charge on any atom is 0.373 e. The van der Waals surface area contributed by atoms with Crippen molar-refractivity contribution in [2.24, 2.45) is 5.92 Å². The van der Waals surface area contributed by atoms with E-state index in [-0.39, 0.29) is 29.5 Å². The number of rotatable bonds is 9. The molecule has 8 heteroatoms. The second-order valence-electron chi connectivity index (χ2n) is 11.0. The molecule has 0 fully saturated rings. The van der Waals surface area contributed by atoms with E-state index in [0.717, 1.165) is 11.1 Å². The number of carbonyl (C=O) groups is 1. The number of anilines is 1. The van der Waals surface area contributed by atoms with Crippen molar-refractivity contribution in [3.8, 4) is 0 Å². The molecule has 6 nitrogen and oxygen atoms in total. The van der Waals surface area contributed by atoms with Gasteiger partial charge in [-0.25, -0.2) is 0 Å². The number of carbonyl (C=O) groups excluding carboxylic acids is 1. The number of nitrogens with one attached hydrogen (secondary N) is 1. The van der Waals surface area contributed by atoms with Crippen LogP contribution in [-0.4, -0.2) is 38.5 Å². The highest BCUT2D eigenvalue weighted by Crippen LogP contribution is 2.43. The summed E-state index contributed by atoms with van der Waals surface area (Å²) in [4.78, 5) is 12.8. The highest BCUT2D eigenvalue weighted by Gasteiger charge is 2.42. The normalized spacial score (nSPS) is 14.8. The fourth-order valence-electron chi connectivity index (χ4n) is 3.08. The van der Waals surface area contributed by atoms with Gasteiger partial charge in [-0.1, -0.05) is 26.8 Å². The molecule has 176 valence electrons. The van der Waals surface area contributed by atoms with Crippen molar-refractivity contribution in [2.45, 2.75) is 91.5 Å². The summed E-state index contributed by atoms with van der Waals surface area (Å²) in [6.45, 7) is 20.7. The van der Waals surface area contributed by atoms with Gasteiger partial charge in [0.1, 0.15) is 5.60 Å². The van der Waals surface area contributed by atoms with E-state index in [1.165, 1.54) is 0 Å².